The predicted molar refractivity (Wildman–Crippen MR) is 78.8 cm³/mol. The summed E-state index contributed by atoms with van der Waals surface area (Å²) in [6.07, 6.45) is 1.80. The zero-order valence-electron chi connectivity index (χ0n) is 10.9. The molecule has 1 aromatic heterocycles. The third kappa shape index (κ3) is 4.84. The van der Waals surface area contributed by atoms with Crippen LogP contribution in [0.1, 0.15) is 27.7 Å². The normalized spacial score (nSPS) is 11.3. The first-order chi connectivity index (χ1) is 7.90. The summed E-state index contributed by atoms with van der Waals surface area (Å²) in [6.45, 7) is 10.8. The van der Waals surface area contributed by atoms with Gasteiger partial charge in [-0.25, -0.2) is 4.98 Å². The molecule has 0 N–H and O–H groups in total. The molecule has 96 valence electrons. The molecule has 0 saturated heterocycles. The fraction of sp³-hybridized carbons (Fsp3) is 0.615. The molecule has 0 aliphatic heterocycles. The van der Waals surface area contributed by atoms with Gasteiger partial charge < -0.3 is 4.90 Å². The number of nitrogens with zero attached hydrogens (tertiary/aromatic N) is 2. The van der Waals surface area contributed by atoms with Gasteiger partial charge in [0.15, 0.2) is 0 Å². The van der Waals surface area contributed by atoms with Crippen molar-refractivity contribution in [3.05, 3.63) is 21.8 Å². The Bertz CT molecular complexity index is 356. The number of halogens is 2. The van der Waals surface area contributed by atoms with E-state index in [1.807, 2.05) is 6.07 Å². The van der Waals surface area contributed by atoms with Crippen molar-refractivity contribution in [3.63, 3.8) is 0 Å². The van der Waals surface area contributed by atoms with Crippen LogP contribution in [0.4, 0.5) is 5.82 Å². The Morgan fingerprint density at radius 3 is 2.18 bits per heavy atom. The molecule has 0 fully saturated rings. The van der Waals surface area contributed by atoms with Gasteiger partial charge in [-0.3, -0.25) is 0 Å². The summed E-state index contributed by atoms with van der Waals surface area (Å²) in [4.78, 5) is 6.70. The second kappa shape index (κ2) is 6.60. The molecule has 0 aliphatic rings. The molecule has 0 atom stereocenters. The van der Waals surface area contributed by atoms with E-state index in [-0.39, 0.29) is 0 Å². The van der Waals surface area contributed by atoms with Crippen molar-refractivity contribution in [3.8, 4) is 0 Å². The van der Waals surface area contributed by atoms with E-state index in [2.05, 4.69) is 53.5 Å². The van der Waals surface area contributed by atoms with Crippen LogP contribution in [-0.2, 0) is 0 Å². The highest BCUT2D eigenvalue weighted by Crippen LogP contribution is 2.27. The molecule has 0 aromatic carbocycles. The third-order valence-electron chi connectivity index (χ3n) is 2.26. The van der Waals surface area contributed by atoms with Gasteiger partial charge in [0.25, 0.3) is 0 Å². The Hall–Kier alpha value is -0.280. The number of hydrogen-bond donors (Lipinski definition) is 0. The number of hydrogen-bond acceptors (Lipinski definition) is 2. The quantitative estimate of drug-likeness (QED) is 0.787. The van der Waals surface area contributed by atoms with Gasteiger partial charge in [-0.1, -0.05) is 39.3 Å². The predicted octanol–water partition coefficient (Wildman–Crippen LogP) is 4.62. The fourth-order valence-corrected chi connectivity index (χ4v) is 2.52. The van der Waals surface area contributed by atoms with Crippen LogP contribution in [0.15, 0.2) is 16.7 Å². The Morgan fingerprint density at radius 2 is 1.76 bits per heavy atom. The van der Waals surface area contributed by atoms with E-state index in [4.69, 9.17) is 11.6 Å². The Labute approximate surface area is 118 Å². The number of pyridine rings is 1. The monoisotopic (exact) mass is 318 g/mol. The van der Waals surface area contributed by atoms with Gasteiger partial charge in [0, 0.05) is 23.8 Å². The second-order valence-electron chi connectivity index (χ2n) is 5.15. The van der Waals surface area contributed by atoms with Crippen LogP contribution in [0.3, 0.4) is 0 Å². The van der Waals surface area contributed by atoms with Crippen LogP contribution in [0.2, 0.25) is 5.02 Å². The van der Waals surface area contributed by atoms with Gasteiger partial charge in [-0.05, 0) is 33.8 Å². The van der Waals surface area contributed by atoms with Crippen LogP contribution in [-0.4, -0.2) is 18.1 Å². The molecular formula is C13H20BrClN2. The second-order valence-corrected chi connectivity index (χ2v) is 6.47. The highest BCUT2D eigenvalue weighted by Gasteiger charge is 2.15. The van der Waals surface area contributed by atoms with E-state index in [0.717, 1.165) is 23.4 Å². The number of rotatable bonds is 5. The molecule has 0 radical (unpaired) electrons. The molecule has 2 nitrogen and oxygen atoms in total. The lowest BCUT2D eigenvalue weighted by atomic mass is 10.1. The first-order valence-electron chi connectivity index (χ1n) is 5.96. The van der Waals surface area contributed by atoms with Crippen molar-refractivity contribution in [2.75, 3.05) is 18.0 Å². The Morgan fingerprint density at radius 1 is 1.24 bits per heavy atom. The van der Waals surface area contributed by atoms with Crippen LogP contribution in [0, 0.1) is 11.8 Å². The molecule has 0 unspecified atom stereocenters. The summed E-state index contributed by atoms with van der Waals surface area (Å²) in [5.74, 6) is 2.07. The lowest BCUT2D eigenvalue weighted by Gasteiger charge is -2.28. The first kappa shape index (κ1) is 14.8. The molecule has 1 heterocycles. The molecule has 17 heavy (non-hydrogen) atoms. The zero-order chi connectivity index (χ0) is 13.0. The van der Waals surface area contributed by atoms with Gasteiger partial charge in [-0.15, -0.1) is 0 Å². The van der Waals surface area contributed by atoms with E-state index in [1.165, 1.54) is 0 Å². The highest BCUT2D eigenvalue weighted by molar-refractivity contribution is 9.10. The maximum absolute atomic E-state index is 6.26. The summed E-state index contributed by atoms with van der Waals surface area (Å²) in [5, 5.41) is 0.709. The smallest absolute Gasteiger partial charge is 0.147 e. The summed E-state index contributed by atoms with van der Waals surface area (Å²) in [6, 6.07) is 1.90. The Balaban J connectivity index is 2.95. The maximum Gasteiger partial charge on any atom is 0.147 e. The first-order valence-corrected chi connectivity index (χ1v) is 7.13. The minimum Gasteiger partial charge on any atom is -0.355 e. The van der Waals surface area contributed by atoms with E-state index < -0.39 is 0 Å². The van der Waals surface area contributed by atoms with Crippen LogP contribution >= 0.6 is 27.5 Å². The van der Waals surface area contributed by atoms with Crippen molar-refractivity contribution in [2.45, 2.75) is 27.7 Å². The molecule has 0 saturated carbocycles. The molecule has 1 aromatic rings. The van der Waals surface area contributed by atoms with Gasteiger partial charge in [0.2, 0.25) is 0 Å². The Kier molecular flexibility index (Phi) is 5.74. The summed E-state index contributed by atoms with van der Waals surface area (Å²) < 4.78 is 0.917. The minimum atomic E-state index is 0.593. The van der Waals surface area contributed by atoms with Gasteiger partial charge >= 0.3 is 0 Å². The lowest BCUT2D eigenvalue weighted by Crippen LogP contribution is -2.32. The third-order valence-corrected chi connectivity index (χ3v) is 2.97. The maximum atomic E-state index is 6.26. The van der Waals surface area contributed by atoms with E-state index in [0.29, 0.717) is 16.9 Å². The van der Waals surface area contributed by atoms with Crippen molar-refractivity contribution in [2.24, 2.45) is 11.8 Å². The zero-order valence-corrected chi connectivity index (χ0v) is 13.2. The lowest BCUT2D eigenvalue weighted by molar-refractivity contribution is 0.549. The highest BCUT2D eigenvalue weighted by atomic mass is 79.9. The van der Waals surface area contributed by atoms with Crippen molar-refractivity contribution in [1.29, 1.82) is 0 Å². The van der Waals surface area contributed by atoms with E-state index in [9.17, 15) is 0 Å². The molecule has 0 spiro atoms. The van der Waals surface area contributed by atoms with Crippen molar-refractivity contribution < 1.29 is 0 Å². The number of aromatic nitrogens is 1. The SMILES string of the molecule is CC(C)CN(CC(C)C)c1ncc(Br)cc1Cl. The molecule has 4 heteroatoms. The van der Waals surface area contributed by atoms with E-state index >= 15 is 0 Å². The molecule has 0 aliphatic carbocycles. The summed E-state index contributed by atoms with van der Waals surface area (Å²) in [5.41, 5.74) is 0. The molecule has 0 amide bonds. The summed E-state index contributed by atoms with van der Waals surface area (Å²) in [7, 11) is 0. The van der Waals surface area contributed by atoms with Crippen molar-refractivity contribution in [1.82, 2.24) is 4.98 Å². The van der Waals surface area contributed by atoms with Gasteiger partial charge in [-0.2, -0.15) is 0 Å². The molecular weight excluding hydrogens is 300 g/mol. The minimum absolute atomic E-state index is 0.593. The van der Waals surface area contributed by atoms with Crippen LogP contribution < -0.4 is 4.90 Å². The van der Waals surface area contributed by atoms with Crippen LogP contribution in [0.25, 0.3) is 0 Å². The average molecular weight is 320 g/mol. The fourth-order valence-electron chi connectivity index (χ4n) is 1.77. The molecule has 0 bridgehead atoms. The standard InChI is InChI=1S/C13H20BrClN2/c1-9(2)7-17(8-10(3)4)13-12(15)5-11(14)6-16-13/h5-6,9-10H,7-8H2,1-4H3. The number of anilines is 1. The van der Waals surface area contributed by atoms with Crippen molar-refractivity contribution >= 4 is 33.3 Å². The van der Waals surface area contributed by atoms with E-state index in [1.54, 1.807) is 6.20 Å². The largest absolute Gasteiger partial charge is 0.355 e. The average Bonchev–Trinajstić information content (AvgIpc) is 2.14. The summed E-state index contributed by atoms with van der Waals surface area (Å²) >= 11 is 9.64. The topological polar surface area (TPSA) is 16.1 Å². The van der Waals surface area contributed by atoms with Crippen LogP contribution in [0.5, 0.6) is 0 Å². The van der Waals surface area contributed by atoms with Gasteiger partial charge in [0.05, 0.1) is 5.02 Å². The molecule has 1 rings (SSSR count). The van der Waals surface area contributed by atoms with Gasteiger partial charge in [0.1, 0.15) is 5.82 Å².